The van der Waals surface area contributed by atoms with Gasteiger partial charge in [0.25, 0.3) is 11.8 Å². The molecule has 0 aliphatic carbocycles. The second-order valence-electron chi connectivity index (χ2n) is 6.39. The average molecular weight is 351 g/mol. The molecule has 2 aliphatic rings. The first-order valence-corrected chi connectivity index (χ1v) is 8.88. The topological polar surface area (TPSA) is 61.9 Å². The number of rotatable bonds is 5. The fraction of sp³-hybridized carbons (Fsp3) is 0.300. The van der Waals surface area contributed by atoms with Crippen LogP contribution in [0, 0.1) is 0 Å². The van der Waals surface area contributed by atoms with E-state index < -0.39 is 0 Å². The van der Waals surface area contributed by atoms with Gasteiger partial charge in [-0.05, 0) is 36.4 Å². The van der Waals surface area contributed by atoms with Crippen molar-refractivity contribution in [2.45, 2.75) is 0 Å². The maximum absolute atomic E-state index is 12.3. The van der Waals surface area contributed by atoms with Gasteiger partial charge in [-0.15, -0.1) is 0 Å². The zero-order valence-electron chi connectivity index (χ0n) is 14.5. The van der Waals surface area contributed by atoms with E-state index >= 15 is 0 Å². The molecule has 134 valence electrons. The Hall–Kier alpha value is -2.86. The van der Waals surface area contributed by atoms with Crippen LogP contribution >= 0.6 is 0 Å². The Bertz CT molecular complexity index is 778. The van der Waals surface area contributed by atoms with Crippen LogP contribution in [0.25, 0.3) is 0 Å². The monoisotopic (exact) mass is 351 g/mol. The number of imide groups is 1. The van der Waals surface area contributed by atoms with E-state index in [0.717, 1.165) is 31.9 Å². The van der Waals surface area contributed by atoms with Crippen LogP contribution in [0.5, 0.6) is 5.75 Å². The maximum Gasteiger partial charge on any atom is 0.261 e. The molecular weight excluding hydrogens is 330 g/mol. The number of anilines is 1. The van der Waals surface area contributed by atoms with Gasteiger partial charge in [0, 0.05) is 31.9 Å². The summed E-state index contributed by atoms with van der Waals surface area (Å²) in [6.45, 7) is 4.52. The number of benzene rings is 2. The number of nitrogens with zero attached hydrogens (tertiary/aromatic N) is 2. The number of fused-ring (bicyclic) bond motifs is 1. The van der Waals surface area contributed by atoms with Crippen LogP contribution in [0.1, 0.15) is 20.7 Å². The van der Waals surface area contributed by atoms with E-state index in [4.69, 9.17) is 4.74 Å². The van der Waals surface area contributed by atoms with Gasteiger partial charge in [-0.1, -0.05) is 12.1 Å². The van der Waals surface area contributed by atoms with E-state index in [1.807, 2.05) is 24.3 Å². The first kappa shape index (κ1) is 16.6. The Morgan fingerprint density at radius 2 is 1.50 bits per heavy atom. The van der Waals surface area contributed by atoms with E-state index in [2.05, 4.69) is 10.2 Å². The van der Waals surface area contributed by atoms with Crippen molar-refractivity contribution in [2.24, 2.45) is 0 Å². The normalized spacial score (nSPS) is 16.8. The van der Waals surface area contributed by atoms with Crippen molar-refractivity contribution in [1.82, 2.24) is 10.2 Å². The van der Waals surface area contributed by atoms with Crippen molar-refractivity contribution >= 4 is 17.5 Å². The highest BCUT2D eigenvalue weighted by Gasteiger charge is 2.34. The summed E-state index contributed by atoms with van der Waals surface area (Å²) in [5.41, 5.74) is 2.12. The van der Waals surface area contributed by atoms with Crippen LogP contribution < -0.4 is 15.0 Å². The maximum atomic E-state index is 12.3. The minimum absolute atomic E-state index is 0.242. The molecule has 0 aromatic heterocycles. The highest BCUT2D eigenvalue weighted by molar-refractivity contribution is 6.21. The fourth-order valence-electron chi connectivity index (χ4n) is 3.37. The summed E-state index contributed by atoms with van der Waals surface area (Å²) in [6, 6.07) is 14.9. The number of ether oxygens (including phenoxy) is 1. The van der Waals surface area contributed by atoms with Crippen molar-refractivity contribution in [2.75, 3.05) is 44.2 Å². The molecule has 2 aromatic rings. The zero-order valence-corrected chi connectivity index (χ0v) is 14.5. The summed E-state index contributed by atoms with van der Waals surface area (Å²) in [6.07, 6.45) is 0. The highest BCUT2D eigenvalue weighted by Crippen LogP contribution is 2.23. The summed E-state index contributed by atoms with van der Waals surface area (Å²) in [5, 5.41) is 3.34. The first-order valence-electron chi connectivity index (χ1n) is 8.88. The second-order valence-corrected chi connectivity index (χ2v) is 6.39. The molecule has 6 heteroatoms. The molecule has 2 aliphatic heterocycles. The lowest BCUT2D eigenvalue weighted by Crippen LogP contribution is -2.43. The Morgan fingerprint density at radius 1 is 0.885 bits per heavy atom. The van der Waals surface area contributed by atoms with E-state index in [-0.39, 0.29) is 25.0 Å². The lowest BCUT2D eigenvalue weighted by atomic mass is 10.1. The molecule has 0 saturated carbocycles. The van der Waals surface area contributed by atoms with Gasteiger partial charge >= 0.3 is 0 Å². The van der Waals surface area contributed by atoms with Crippen LogP contribution in [0.2, 0.25) is 0 Å². The Balaban J connectivity index is 1.32. The van der Waals surface area contributed by atoms with Crippen molar-refractivity contribution in [3.63, 3.8) is 0 Å². The van der Waals surface area contributed by atoms with E-state index in [0.29, 0.717) is 11.1 Å². The van der Waals surface area contributed by atoms with Crippen LogP contribution in [0.15, 0.2) is 48.5 Å². The standard InChI is InChI=1S/C20H21N3O3/c24-19-17-3-1-2-4-18(17)20(25)23(19)13-14-26-16-7-5-15(6-8-16)22-11-9-21-10-12-22/h1-8,21H,9-14H2. The Morgan fingerprint density at radius 3 is 2.12 bits per heavy atom. The molecule has 1 saturated heterocycles. The zero-order chi connectivity index (χ0) is 17.9. The number of piperazine rings is 1. The van der Waals surface area contributed by atoms with Gasteiger partial charge in [0.15, 0.2) is 0 Å². The molecule has 1 N–H and O–H groups in total. The summed E-state index contributed by atoms with van der Waals surface area (Å²) in [7, 11) is 0. The van der Waals surface area contributed by atoms with Gasteiger partial charge in [0.2, 0.25) is 0 Å². The Kier molecular flexibility index (Phi) is 4.58. The van der Waals surface area contributed by atoms with Gasteiger partial charge in [-0.2, -0.15) is 0 Å². The van der Waals surface area contributed by atoms with Gasteiger partial charge in [0.1, 0.15) is 12.4 Å². The molecule has 6 nitrogen and oxygen atoms in total. The number of nitrogens with one attached hydrogen (secondary N) is 1. The molecule has 26 heavy (non-hydrogen) atoms. The number of hydrogen-bond acceptors (Lipinski definition) is 5. The second kappa shape index (κ2) is 7.17. The molecule has 0 radical (unpaired) electrons. The van der Waals surface area contributed by atoms with Crippen molar-refractivity contribution in [3.05, 3.63) is 59.7 Å². The van der Waals surface area contributed by atoms with Gasteiger partial charge in [0.05, 0.1) is 17.7 Å². The molecule has 0 unspecified atom stereocenters. The van der Waals surface area contributed by atoms with Crippen LogP contribution in [0.3, 0.4) is 0 Å². The third-order valence-corrected chi connectivity index (χ3v) is 4.78. The minimum Gasteiger partial charge on any atom is -0.492 e. The largest absolute Gasteiger partial charge is 0.492 e. The molecule has 2 amide bonds. The first-order chi connectivity index (χ1) is 12.7. The van der Waals surface area contributed by atoms with Crippen molar-refractivity contribution in [3.8, 4) is 5.75 Å². The molecular formula is C20H21N3O3. The van der Waals surface area contributed by atoms with Crippen LogP contribution in [0.4, 0.5) is 5.69 Å². The molecule has 0 atom stereocenters. The van der Waals surface area contributed by atoms with Gasteiger partial charge < -0.3 is 15.0 Å². The molecule has 4 rings (SSSR count). The van der Waals surface area contributed by atoms with E-state index in [1.165, 1.54) is 10.6 Å². The smallest absolute Gasteiger partial charge is 0.261 e. The fourth-order valence-corrected chi connectivity index (χ4v) is 3.37. The van der Waals surface area contributed by atoms with E-state index in [1.54, 1.807) is 24.3 Å². The van der Waals surface area contributed by atoms with Crippen LogP contribution in [-0.4, -0.2) is 56.0 Å². The lowest BCUT2D eigenvalue weighted by molar-refractivity contribution is 0.0631. The predicted molar refractivity (Wildman–Crippen MR) is 98.8 cm³/mol. The summed E-state index contributed by atoms with van der Waals surface area (Å²) in [5.74, 6) is 0.243. The Labute approximate surface area is 152 Å². The molecule has 2 aromatic carbocycles. The van der Waals surface area contributed by atoms with Crippen LogP contribution in [-0.2, 0) is 0 Å². The molecule has 2 heterocycles. The van der Waals surface area contributed by atoms with Crippen molar-refractivity contribution in [1.29, 1.82) is 0 Å². The summed E-state index contributed by atoms with van der Waals surface area (Å²) in [4.78, 5) is 28.2. The molecule has 0 spiro atoms. The third kappa shape index (κ3) is 3.15. The van der Waals surface area contributed by atoms with Gasteiger partial charge in [-0.25, -0.2) is 0 Å². The van der Waals surface area contributed by atoms with Gasteiger partial charge in [-0.3, -0.25) is 14.5 Å². The lowest BCUT2D eigenvalue weighted by Gasteiger charge is -2.29. The minimum atomic E-state index is -0.247. The molecule has 1 fully saturated rings. The predicted octanol–water partition coefficient (Wildman–Crippen LogP) is 1.77. The summed E-state index contributed by atoms with van der Waals surface area (Å²) < 4.78 is 5.73. The van der Waals surface area contributed by atoms with Crippen molar-refractivity contribution < 1.29 is 14.3 Å². The summed E-state index contributed by atoms with van der Waals surface area (Å²) >= 11 is 0. The SMILES string of the molecule is O=C1c2ccccc2C(=O)N1CCOc1ccc(N2CCNCC2)cc1. The highest BCUT2D eigenvalue weighted by atomic mass is 16.5. The number of hydrogen-bond donors (Lipinski definition) is 1. The quantitative estimate of drug-likeness (QED) is 0.832. The van der Waals surface area contributed by atoms with E-state index in [9.17, 15) is 9.59 Å². The number of carbonyl (C=O) groups is 2. The molecule has 0 bridgehead atoms. The third-order valence-electron chi connectivity index (χ3n) is 4.78. The average Bonchev–Trinajstić information content (AvgIpc) is 2.94. The number of amides is 2. The number of carbonyl (C=O) groups excluding carboxylic acids is 2.